The number of hydrogen-bond donors (Lipinski definition) is 2. The lowest BCUT2D eigenvalue weighted by Gasteiger charge is -2.12. The summed E-state index contributed by atoms with van der Waals surface area (Å²) in [6, 6.07) is 2.70. The summed E-state index contributed by atoms with van der Waals surface area (Å²) in [6.45, 7) is 2.73. The quantitative estimate of drug-likeness (QED) is 0.587. The van der Waals surface area contributed by atoms with Gasteiger partial charge in [-0.1, -0.05) is 6.92 Å². The number of esters is 1. The van der Waals surface area contributed by atoms with Crippen molar-refractivity contribution in [2.45, 2.75) is 19.8 Å². The Kier molecular flexibility index (Phi) is 5.92. The van der Waals surface area contributed by atoms with Crippen molar-refractivity contribution in [2.24, 2.45) is 0 Å². The SMILES string of the molecule is CCCOc1cc(NCCC(=O)OC)c(N)cc1F. The van der Waals surface area contributed by atoms with E-state index in [0.717, 1.165) is 6.42 Å². The Bertz CT molecular complexity index is 438. The maximum atomic E-state index is 13.6. The minimum absolute atomic E-state index is 0.150. The van der Waals surface area contributed by atoms with Crippen molar-refractivity contribution in [2.75, 3.05) is 31.3 Å². The molecule has 0 amide bonds. The number of methoxy groups -OCH3 is 1. The molecule has 0 saturated heterocycles. The number of benzene rings is 1. The van der Waals surface area contributed by atoms with Crippen LogP contribution >= 0.6 is 0 Å². The second-order valence-corrected chi connectivity index (χ2v) is 3.97. The van der Waals surface area contributed by atoms with Gasteiger partial charge in [-0.2, -0.15) is 0 Å². The molecule has 1 rings (SSSR count). The number of ether oxygens (including phenoxy) is 2. The lowest BCUT2D eigenvalue weighted by atomic mass is 10.2. The van der Waals surface area contributed by atoms with E-state index in [1.54, 1.807) is 0 Å². The molecule has 0 aromatic heterocycles. The van der Waals surface area contributed by atoms with Gasteiger partial charge in [0.1, 0.15) is 0 Å². The topological polar surface area (TPSA) is 73.6 Å². The largest absolute Gasteiger partial charge is 0.490 e. The number of nitrogens with one attached hydrogen (secondary N) is 1. The molecule has 0 radical (unpaired) electrons. The zero-order valence-electron chi connectivity index (χ0n) is 11.2. The Labute approximate surface area is 111 Å². The van der Waals surface area contributed by atoms with Gasteiger partial charge in [0.15, 0.2) is 11.6 Å². The van der Waals surface area contributed by atoms with Crippen molar-refractivity contribution in [1.29, 1.82) is 0 Å². The second-order valence-electron chi connectivity index (χ2n) is 3.97. The molecule has 0 fully saturated rings. The summed E-state index contributed by atoms with van der Waals surface area (Å²) in [5, 5.41) is 2.95. The van der Waals surface area contributed by atoms with E-state index in [4.69, 9.17) is 10.5 Å². The predicted octanol–water partition coefficient (Wildman–Crippen LogP) is 2.17. The van der Waals surface area contributed by atoms with Crippen LogP contribution in [0.5, 0.6) is 5.75 Å². The fraction of sp³-hybridized carbons (Fsp3) is 0.462. The molecule has 19 heavy (non-hydrogen) atoms. The summed E-state index contributed by atoms with van der Waals surface area (Å²) >= 11 is 0. The van der Waals surface area contributed by atoms with Gasteiger partial charge in [0.25, 0.3) is 0 Å². The molecule has 3 N–H and O–H groups in total. The van der Waals surface area contributed by atoms with Crippen LogP contribution in [0.2, 0.25) is 0 Å². The normalized spacial score (nSPS) is 10.1. The maximum absolute atomic E-state index is 13.6. The standard InChI is InChI=1S/C13H19FN2O3/c1-3-6-19-12-8-11(10(15)7-9(12)14)16-5-4-13(17)18-2/h7-8,16H,3-6,15H2,1-2H3. The van der Waals surface area contributed by atoms with Crippen LogP contribution in [0.1, 0.15) is 19.8 Å². The molecular weight excluding hydrogens is 251 g/mol. The van der Waals surface area contributed by atoms with Crippen molar-refractivity contribution < 1.29 is 18.7 Å². The van der Waals surface area contributed by atoms with E-state index in [9.17, 15) is 9.18 Å². The minimum Gasteiger partial charge on any atom is -0.490 e. The van der Waals surface area contributed by atoms with Crippen LogP contribution in [-0.2, 0) is 9.53 Å². The van der Waals surface area contributed by atoms with Gasteiger partial charge in [-0.05, 0) is 6.42 Å². The molecule has 0 saturated carbocycles. The first-order chi connectivity index (χ1) is 9.08. The average molecular weight is 270 g/mol. The molecule has 106 valence electrons. The molecule has 0 atom stereocenters. The first kappa shape index (κ1) is 15.1. The second kappa shape index (κ2) is 7.45. The van der Waals surface area contributed by atoms with Crippen LogP contribution in [0.25, 0.3) is 0 Å². The Hall–Kier alpha value is -1.98. The molecule has 6 heteroatoms. The van der Waals surface area contributed by atoms with Gasteiger partial charge in [-0.15, -0.1) is 0 Å². The predicted molar refractivity (Wildman–Crippen MR) is 71.7 cm³/mol. The lowest BCUT2D eigenvalue weighted by Crippen LogP contribution is -2.11. The average Bonchev–Trinajstić information content (AvgIpc) is 2.39. The molecule has 0 heterocycles. The van der Waals surface area contributed by atoms with Crippen LogP contribution in [-0.4, -0.2) is 26.2 Å². The first-order valence-electron chi connectivity index (χ1n) is 6.11. The van der Waals surface area contributed by atoms with E-state index in [2.05, 4.69) is 10.1 Å². The number of halogens is 1. The Morgan fingerprint density at radius 1 is 1.47 bits per heavy atom. The van der Waals surface area contributed by atoms with E-state index < -0.39 is 5.82 Å². The highest BCUT2D eigenvalue weighted by molar-refractivity contribution is 5.72. The summed E-state index contributed by atoms with van der Waals surface area (Å²) < 4.78 is 23.3. The number of carbonyl (C=O) groups excluding carboxylic acids is 1. The number of rotatable bonds is 7. The van der Waals surface area contributed by atoms with Gasteiger partial charge < -0.3 is 20.5 Å². The van der Waals surface area contributed by atoms with Crippen molar-refractivity contribution in [3.63, 3.8) is 0 Å². The minimum atomic E-state index is -0.496. The highest BCUT2D eigenvalue weighted by Gasteiger charge is 2.09. The molecule has 0 unspecified atom stereocenters. The zero-order valence-corrected chi connectivity index (χ0v) is 11.2. The van der Waals surface area contributed by atoms with Crippen LogP contribution in [0.3, 0.4) is 0 Å². The summed E-state index contributed by atoms with van der Waals surface area (Å²) in [5.74, 6) is -0.670. The summed E-state index contributed by atoms with van der Waals surface area (Å²) in [7, 11) is 1.32. The van der Waals surface area contributed by atoms with Crippen molar-refractivity contribution in [3.05, 3.63) is 17.9 Å². The fourth-order valence-electron chi connectivity index (χ4n) is 1.45. The summed E-state index contributed by atoms with van der Waals surface area (Å²) in [6.07, 6.45) is 0.993. The van der Waals surface area contributed by atoms with Gasteiger partial charge >= 0.3 is 5.97 Å². The van der Waals surface area contributed by atoms with Gasteiger partial charge in [0.2, 0.25) is 0 Å². The third-order valence-electron chi connectivity index (χ3n) is 2.44. The van der Waals surface area contributed by atoms with Gasteiger partial charge in [0.05, 0.1) is 31.5 Å². The first-order valence-corrected chi connectivity index (χ1v) is 6.11. The molecule has 1 aromatic carbocycles. The highest BCUT2D eigenvalue weighted by atomic mass is 19.1. The Morgan fingerprint density at radius 2 is 2.21 bits per heavy atom. The maximum Gasteiger partial charge on any atom is 0.307 e. The van der Waals surface area contributed by atoms with Gasteiger partial charge in [-0.3, -0.25) is 4.79 Å². The molecule has 0 aliphatic rings. The molecule has 5 nitrogen and oxygen atoms in total. The summed E-state index contributed by atoms with van der Waals surface area (Å²) in [4.78, 5) is 11.0. The number of hydrogen-bond acceptors (Lipinski definition) is 5. The third-order valence-corrected chi connectivity index (χ3v) is 2.44. The zero-order chi connectivity index (χ0) is 14.3. The van der Waals surface area contributed by atoms with Crippen LogP contribution in [0.15, 0.2) is 12.1 Å². The van der Waals surface area contributed by atoms with E-state index in [-0.39, 0.29) is 23.8 Å². The van der Waals surface area contributed by atoms with Crippen molar-refractivity contribution in [3.8, 4) is 5.75 Å². The fourth-order valence-corrected chi connectivity index (χ4v) is 1.45. The van der Waals surface area contributed by atoms with Crippen LogP contribution in [0, 0.1) is 5.82 Å². The Morgan fingerprint density at radius 3 is 2.84 bits per heavy atom. The van der Waals surface area contributed by atoms with E-state index in [1.165, 1.54) is 19.2 Å². The molecule has 0 spiro atoms. The van der Waals surface area contributed by atoms with E-state index in [1.807, 2.05) is 6.92 Å². The monoisotopic (exact) mass is 270 g/mol. The molecule has 1 aromatic rings. The van der Waals surface area contributed by atoms with E-state index >= 15 is 0 Å². The highest BCUT2D eigenvalue weighted by Crippen LogP contribution is 2.28. The Balaban J connectivity index is 2.68. The number of anilines is 2. The molecular formula is C13H19FN2O3. The number of nitrogen functional groups attached to an aromatic ring is 1. The summed E-state index contributed by atoms with van der Waals surface area (Å²) in [5.41, 5.74) is 6.50. The number of carbonyl (C=O) groups is 1. The molecule has 0 aliphatic heterocycles. The van der Waals surface area contributed by atoms with Crippen LogP contribution in [0.4, 0.5) is 15.8 Å². The molecule has 0 aliphatic carbocycles. The third kappa shape index (κ3) is 4.65. The van der Waals surface area contributed by atoms with Crippen LogP contribution < -0.4 is 15.8 Å². The van der Waals surface area contributed by atoms with Gasteiger partial charge in [0, 0.05) is 18.7 Å². The van der Waals surface area contributed by atoms with Gasteiger partial charge in [-0.25, -0.2) is 4.39 Å². The lowest BCUT2D eigenvalue weighted by molar-refractivity contribution is -0.140. The number of nitrogens with two attached hydrogens (primary N) is 1. The molecule has 0 bridgehead atoms. The van der Waals surface area contributed by atoms with Crippen molar-refractivity contribution in [1.82, 2.24) is 0 Å². The smallest absolute Gasteiger partial charge is 0.307 e. The van der Waals surface area contributed by atoms with Crippen molar-refractivity contribution >= 4 is 17.3 Å². The van der Waals surface area contributed by atoms with E-state index in [0.29, 0.717) is 18.8 Å².